The third kappa shape index (κ3) is 4.21. The molecule has 0 radical (unpaired) electrons. The van der Waals surface area contributed by atoms with Gasteiger partial charge in [-0.3, -0.25) is 4.99 Å². The van der Waals surface area contributed by atoms with E-state index in [0.717, 1.165) is 28.0 Å². The zero-order valence-electron chi connectivity index (χ0n) is 16.3. The second-order valence-corrected chi connectivity index (χ2v) is 6.90. The average molecular weight is 385 g/mol. The summed E-state index contributed by atoms with van der Waals surface area (Å²) in [6, 6.07) is 28.0. The van der Waals surface area contributed by atoms with Crippen molar-refractivity contribution in [3.8, 4) is 0 Å². The Morgan fingerprint density at radius 3 is 2.10 bits per heavy atom. The van der Waals surface area contributed by atoms with Crippen LogP contribution in [0.1, 0.15) is 35.2 Å². The maximum absolute atomic E-state index is 12.0. The molecule has 0 fully saturated rings. The van der Waals surface area contributed by atoms with E-state index in [4.69, 9.17) is 14.5 Å². The third-order valence-corrected chi connectivity index (χ3v) is 5.02. The Hall–Kier alpha value is -3.40. The van der Waals surface area contributed by atoms with E-state index < -0.39 is 12.3 Å². The van der Waals surface area contributed by atoms with Crippen LogP contribution in [0.4, 0.5) is 4.79 Å². The number of hydrogen-bond donors (Lipinski definition) is 0. The summed E-state index contributed by atoms with van der Waals surface area (Å²) in [5.74, 6) is 0. The molecule has 0 N–H and O–H groups in total. The summed E-state index contributed by atoms with van der Waals surface area (Å²) < 4.78 is 10.7. The number of nitrogens with zero attached hydrogens (tertiary/aromatic N) is 1. The molecule has 4 nitrogen and oxygen atoms in total. The monoisotopic (exact) mass is 385 g/mol. The summed E-state index contributed by atoms with van der Waals surface area (Å²) >= 11 is 0. The van der Waals surface area contributed by atoms with Crippen molar-refractivity contribution in [1.82, 2.24) is 0 Å². The second-order valence-electron chi connectivity index (χ2n) is 6.90. The van der Waals surface area contributed by atoms with Crippen molar-refractivity contribution in [3.63, 3.8) is 0 Å². The average Bonchev–Trinajstić information content (AvgIpc) is 3.10. The molecule has 146 valence electrons. The quantitative estimate of drug-likeness (QED) is 0.439. The lowest BCUT2D eigenvalue weighted by Gasteiger charge is -2.19. The van der Waals surface area contributed by atoms with Gasteiger partial charge in [0.25, 0.3) is 0 Å². The van der Waals surface area contributed by atoms with Crippen molar-refractivity contribution in [3.05, 3.63) is 107 Å². The Morgan fingerprint density at radius 2 is 1.48 bits per heavy atom. The van der Waals surface area contributed by atoms with Crippen molar-refractivity contribution in [2.24, 2.45) is 4.99 Å². The van der Waals surface area contributed by atoms with Gasteiger partial charge in [-0.15, -0.1) is 0 Å². The lowest BCUT2D eigenvalue weighted by atomic mass is 10.0. The van der Waals surface area contributed by atoms with E-state index in [2.05, 4.69) is 12.1 Å². The Balaban J connectivity index is 1.78. The van der Waals surface area contributed by atoms with Crippen molar-refractivity contribution >= 4 is 11.9 Å². The molecule has 4 heteroatoms. The van der Waals surface area contributed by atoms with E-state index in [1.165, 1.54) is 0 Å². The fraction of sp³-hybridized carbons (Fsp3) is 0.200. The Labute approximate surface area is 170 Å². The highest BCUT2D eigenvalue weighted by Gasteiger charge is 2.36. The van der Waals surface area contributed by atoms with Crippen LogP contribution in [0.2, 0.25) is 0 Å². The molecule has 1 aliphatic rings. The third-order valence-electron chi connectivity index (χ3n) is 5.02. The number of rotatable bonds is 5. The summed E-state index contributed by atoms with van der Waals surface area (Å²) in [4.78, 5) is 17.2. The normalized spacial score (nSPS) is 17.3. The Bertz CT molecular complexity index is 957. The van der Waals surface area contributed by atoms with Crippen LogP contribution >= 0.6 is 0 Å². The zero-order chi connectivity index (χ0) is 20.1. The minimum Gasteiger partial charge on any atom is -0.435 e. The topological polar surface area (TPSA) is 47.9 Å². The maximum Gasteiger partial charge on any atom is 0.508 e. The molecule has 0 heterocycles. The molecule has 3 aromatic carbocycles. The van der Waals surface area contributed by atoms with Crippen molar-refractivity contribution in [1.29, 1.82) is 0 Å². The molecule has 0 saturated carbocycles. The molecule has 4 rings (SSSR count). The lowest BCUT2D eigenvalue weighted by Crippen LogP contribution is -2.23. The molecule has 2 atom stereocenters. The first-order chi connectivity index (χ1) is 14.3. The van der Waals surface area contributed by atoms with Gasteiger partial charge in [-0.1, -0.05) is 84.9 Å². The lowest BCUT2D eigenvalue weighted by molar-refractivity contribution is 0.0218. The van der Waals surface area contributed by atoms with Crippen LogP contribution in [-0.4, -0.2) is 24.6 Å². The Morgan fingerprint density at radius 1 is 0.897 bits per heavy atom. The molecule has 0 amide bonds. The van der Waals surface area contributed by atoms with Crippen LogP contribution in [-0.2, 0) is 15.9 Å². The molecular formula is C25H23NO3. The van der Waals surface area contributed by atoms with Crippen molar-refractivity contribution in [2.45, 2.75) is 25.5 Å². The number of benzene rings is 3. The van der Waals surface area contributed by atoms with Crippen LogP contribution in [0.25, 0.3) is 0 Å². The molecule has 0 unspecified atom stereocenters. The van der Waals surface area contributed by atoms with Gasteiger partial charge < -0.3 is 9.47 Å². The van der Waals surface area contributed by atoms with Gasteiger partial charge in [0.2, 0.25) is 0 Å². The van der Waals surface area contributed by atoms with Crippen molar-refractivity contribution < 1.29 is 14.3 Å². The first-order valence-corrected chi connectivity index (χ1v) is 9.86. The van der Waals surface area contributed by atoms with Gasteiger partial charge in [-0.2, -0.15) is 0 Å². The molecule has 0 saturated heterocycles. The highest BCUT2D eigenvalue weighted by atomic mass is 16.7. The summed E-state index contributed by atoms with van der Waals surface area (Å²) in [5.41, 5.74) is 5.17. The van der Waals surface area contributed by atoms with Gasteiger partial charge in [-0.05, 0) is 18.1 Å². The summed E-state index contributed by atoms with van der Waals surface area (Å²) in [7, 11) is 0. The number of carbonyl (C=O) groups is 1. The maximum atomic E-state index is 12.0. The molecule has 0 spiro atoms. The number of hydrogen-bond acceptors (Lipinski definition) is 4. The van der Waals surface area contributed by atoms with Crippen LogP contribution in [0.3, 0.4) is 0 Å². The molecular weight excluding hydrogens is 362 g/mol. The van der Waals surface area contributed by atoms with Gasteiger partial charge in [0.1, 0.15) is 12.1 Å². The SMILES string of the molecule is CCOC(=O)O[C@@H]1Cc2ccccc2[C@H]1N=C(c1ccccc1)c1ccccc1. The van der Waals surface area contributed by atoms with E-state index in [1.807, 2.05) is 72.8 Å². The molecule has 0 bridgehead atoms. The zero-order valence-corrected chi connectivity index (χ0v) is 16.3. The predicted molar refractivity (Wildman–Crippen MR) is 113 cm³/mol. The first-order valence-electron chi connectivity index (χ1n) is 9.86. The fourth-order valence-corrected chi connectivity index (χ4v) is 3.72. The first kappa shape index (κ1) is 18.9. The molecule has 29 heavy (non-hydrogen) atoms. The number of carbonyl (C=O) groups excluding carboxylic acids is 1. The van der Waals surface area contributed by atoms with Gasteiger partial charge >= 0.3 is 6.16 Å². The van der Waals surface area contributed by atoms with Crippen LogP contribution in [0.5, 0.6) is 0 Å². The number of aliphatic imine (C=N–C) groups is 1. The smallest absolute Gasteiger partial charge is 0.435 e. The van der Waals surface area contributed by atoms with Crippen LogP contribution < -0.4 is 0 Å². The minimum atomic E-state index is -0.647. The van der Waals surface area contributed by atoms with Crippen molar-refractivity contribution in [2.75, 3.05) is 6.61 Å². The van der Waals surface area contributed by atoms with E-state index in [0.29, 0.717) is 6.42 Å². The van der Waals surface area contributed by atoms with Crippen LogP contribution in [0, 0.1) is 0 Å². The fourth-order valence-electron chi connectivity index (χ4n) is 3.72. The standard InChI is InChI=1S/C25H23NO3/c1-2-28-25(27)29-22-17-20-15-9-10-16-21(20)24(22)26-23(18-11-5-3-6-12-18)19-13-7-4-8-14-19/h3-16,22,24H,2,17H2,1H3/t22-,24-/m1/s1. The molecule has 0 aromatic heterocycles. The molecule has 0 aliphatic heterocycles. The van der Waals surface area contributed by atoms with E-state index in [9.17, 15) is 4.79 Å². The van der Waals surface area contributed by atoms with Gasteiger partial charge in [0.05, 0.1) is 12.3 Å². The van der Waals surface area contributed by atoms with Gasteiger partial charge in [0, 0.05) is 17.5 Å². The number of ether oxygens (including phenoxy) is 2. The second kappa shape index (κ2) is 8.74. The van der Waals surface area contributed by atoms with E-state index in [-0.39, 0.29) is 12.6 Å². The molecule has 3 aromatic rings. The summed E-state index contributed by atoms with van der Waals surface area (Å²) in [5, 5.41) is 0. The predicted octanol–water partition coefficient (Wildman–Crippen LogP) is 5.36. The van der Waals surface area contributed by atoms with Crippen LogP contribution in [0.15, 0.2) is 89.9 Å². The highest BCUT2D eigenvalue weighted by molar-refractivity contribution is 6.13. The number of fused-ring (bicyclic) bond motifs is 1. The summed E-state index contributed by atoms with van der Waals surface area (Å²) in [6.45, 7) is 2.05. The van der Waals surface area contributed by atoms with E-state index >= 15 is 0 Å². The summed E-state index contributed by atoms with van der Waals surface area (Å²) in [6.07, 6.45) is -0.416. The Kier molecular flexibility index (Phi) is 5.71. The molecule has 1 aliphatic carbocycles. The largest absolute Gasteiger partial charge is 0.508 e. The van der Waals surface area contributed by atoms with Gasteiger partial charge in [-0.25, -0.2) is 4.79 Å². The van der Waals surface area contributed by atoms with Gasteiger partial charge in [0.15, 0.2) is 0 Å². The minimum absolute atomic E-state index is 0.283. The highest BCUT2D eigenvalue weighted by Crippen LogP contribution is 2.37. The van der Waals surface area contributed by atoms with E-state index in [1.54, 1.807) is 6.92 Å².